The van der Waals surface area contributed by atoms with Gasteiger partial charge in [-0.15, -0.1) is 0 Å². The van der Waals surface area contributed by atoms with Crippen LogP contribution in [0.2, 0.25) is 0 Å². The molecule has 0 bridgehead atoms. The molecule has 0 amide bonds. The molecular formula is C17H23FO2. The standard InChI is InChI=1S/C17H23FO2/c1-16(2)6-3-7-17(9-8-16)11-14(19)13-10-12(18)4-5-15(13)20-17/h4-5,10,14,19H,3,6-9,11H2,1-2H3. The third-order valence-electron chi connectivity index (χ3n) is 4.97. The van der Waals surface area contributed by atoms with E-state index in [-0.39, 0.29) is 11.4 Å². The molecule has 0 saturated heterocycles. The topological polar surface area (TPSA) is 29.5 Å². The average molecular weight is 278 g/mol. The summed E-state index contributed by atoms with van der Waals surface area (Å²) in [6.45, 7) is 4.60. The molecule has 1 fully saturated rings. The predicted molar refractivity (Wildman–Crippen MR) is 76.2 cm³/mol. The Balaban J connectivity index is 1.88. The number of hydrogen-bond acceptors (Lipinski definition) is 2. The van der Waals surface area contributed by atoms with Crippen LogP contribution in [0.3, 0.4) is 0 Å². The summed E-state index contributed by atoms with van der Waals surface area (Å²) in [6.07, 6.45) is 5.34. The summed E-state index contributed by atoms with van der Waals surface area (Å²) in [6, 6.07) is 4.46. The van der Waals surface area contributed by atoms with Crippen LogP contribution in [0, 0.1) is 11.2 Å². The molecule has 1 N–H and O–H groups in total. The molecule has 1 aliphatic carbocycles. The summed E-state index contributed by atoms with van der Waals surface area (Å²) in [4.78, 5) is 0. The van der Waals surface area contributed by atoms with Gasteiger partial charge in [0.25, 0.3) is 0 Å². The van der Waals surface area contributed by atoms with E-state index >= 15 is 0 Å². The van der Waals surface area contributed by atoms with Crippen LogP contribution < -0.4 is 4.74 Å². The van der Waals surface area contributed by atoms with E-state index in [2.05, 4.69) is 13.8 Å². The van der Waals surface area contributed by atoms with Crippen molar-refractivity contribution in [3.05, 3.63) is 29.6 Å². The lowest BCUT2D eigenvalue weighted by molar-refractivity contribution is -0.0262. The normalized spacial score (nSPS) is 32.3. The molecule has 1 spiro atoms. The van der Waals surface area contributed by atoms with Crippen molar-refractivity contribution in [3.63, 3.8) is 0 Å². The number of ether oxygens (including phenoxy) is 1. The van der Waals surface area contributed by atoms with Crippen molar-refractivity contribution < 1.29 is 14.2 Å². The fourth-order valence-electron chi connectivity index (χ4n) is 3.62. The Kier molecular flexibility index (Phi) is 3.28. The first-order valence-electron chi connectivity index (χ1n) is 7.56. The van der Waals surface area contributed by atoms with Gasteiger partial charge in [0.2, 0.25) is 0 Å². The molecule has 0 aromatic heterocycles. The van der Waals surface area contributed by atoms with Gasteiger partial charge in [-0.1, -0.05) is 13.8 Å². The molecule has 2 aliphatic rings. The largest absolute Gasteiger partial charge is 0.487 e. The minimum absolute atomic E-state index is 0.266. The minimum Gasteiger partial charge on any atom is -0.487 e. The van der Waals surface area contributed by atoms with Gasteiger partial charge in [0.15, 0.2) is 0 Å². The van der Waals surface area contributed by atoms with Gasteiger partial charge in [0.05, 0.1) is 6.10 Å². The summed E-state index contributed by atoms with van der Waals surface area (Å²) >= 11 is 0. The van der Waals surface area contributed by atoms with E-state index in [1.54, 1.807) is 6.07 Å². The fourth-order valence-corrected chi connectivity index (χ4v) is 3.62. The number of fused-ring (bicyclic) bond motifs is 1. The summed E-state index contributed by atoms with van der Waals surface area (Å²) in [5.74, 6) is 0.342. The molecule has 1 aromatic rings. The van der Waals surface area contributed by atoms with Gasteiger partial charge < -0.3 is 9.84 Å². The second-order valence-electron chi connectivity index (χ2n) is 7.20. The molecule has 2 nitrogen and oxygen atoms in total. The first-order chi connectivity index (χ1) is 9.39. The maximum absolute atomic E-state index is 13.3. The summed E-state index contributed by atoms with van der Waals surface area (Å²) in [5.41, 5.74) is 0.679. The lowest BCUT2D eigenvalue weighted by Gasteiger charge is -2.40. The monoisotopic (exact) mass is 278 g/mol. The highest BCUT2D eigenvalue weighted by atomic mass is 19.1. The number of aliphatic hydroxyl groups is 1. The molecule has 1 heterocycles. The van der Waals surface area contributed by atoms with Crippen LogP contribution in [0.5, 0.6) is 5.75 Å². The second-order valence-corrected chi connectivity index (χ2v) is 7.20. The number of benzene rings is 1. The first kappa shape index (κ1) is 13.9. The van der Waals surface area contributed by atoms with Crippen molar-refractivity contribution in [2.45, 2.75) is 64.1 Å². The molecular weight excluding hydrogens is 255 g/mol. The molecule has 1 aliphatic heterocycles. The van der Waals surface area contributed by atoms with E-state index < -0.39 is 6.10 Å². The highest BCUT2D eigenvalue weighted by molar-refractivity contribution is 5.38. The van der Waals surface area contributed by atoms with E-state index in [1.807, 2.05) is 0 Å². The van der Waals surface area contributed by atoms with Crippen molar-refractivity contribution in [3.8, 4) is 5.75 Å². The molecule has 1 saturated carbocycles. The summed E-state index contributed by atoms with van der Waals surface area (Å²) in [5, 5.41) is 10.4. The molecule has 1 aromatic carbocycles. The van der Waals surface area contributed by atoms with E-state index in [9.17, 15) is 9.50 Å². The van der Waals surface area contributed by atoms with Crippen LogP contribution in [0.4, 0.5) is 4.39 Å². The molecule has 0 radical (unpaired) electrons. The first-order valence-corrected chi connectivity index (χ1v) is 7.56. The Hall–Kier alpha value is -1.09. The Labute approximate surface area is 120 Å². The maximum atomic E-state index is 13.3. The van der Waals surface area contributed by atoms with E-state index in [0.29, 0.717) is 23.1 Å². The molecule has 20 heavy (non-hydrogen) atoms. The Bertz CT molecular complexity index is 512. The van der Waals surface area contributed by atoms with Crippen molar-refractivity contribution >= 4 is 0 Å². The van der Waals surface area contributed by atoms with Crippen LogP contribution in [0.1, 0.15) is 64.0 Å². The van der Waals surface area contributed by atoms with Crippen molar-refractivity contribution in [1.82, 2.24) is 0 Å². The third kappa shape index (κ3) is 2.56. The van der Waals surface area contributed by atoms with Gasteiger partial charge in [-0.25, -0.2) is 4.39 Å². The number of hydrogen-bond donors (Lipinski definition) is 1. The molecule has 2 unspecified atom stereocenters. The Morgan fingerprint density at radius 1 is 1.20 bits per heavy atom. The Morgan fingerprint density at radius 3 is 2.80 bits per heavy atom. The summed E-state index contributed by atoms with van der Waals surface area (Å²) in [7, 11) is 0. The molecule has 3 rings (SSSR count). The fraction of sp³-hybridized carbons (Fsp3) is 0.647. The van der Waals surface area contributed by atoms with Gasteiger partial charge in [0.1, 0.15) is 17.2 Å². The van der Waals surface area contributed by atoms with E-state index in [4.69, 9.17) is 4.74 Å². The van der Waals surface area contributed by atoms with Gasteiger partial charge in [-0.05, 0) is 55.7 Å². The summed E-state index contributed by atoms with van der Waals surface area (Å²) < 4.78 is 19.5. The molecule has 2 atom stereocenters. The van der Waals surface area contributed by atoms with Gasteiger partial charge in [-0.2, -0.15) is 0 Å². The smallest absolute Gasteiger partial charge is 0.126 e. The van der Waals surface area contributed by atoms with Crippen molar-refractivity contribution in [2.75, 3.05) is 0 Å². The Morgan fingerprint density at radius 2 is 2.00 bits per heavy atom. The van der Waals surface area contributed by atoms with Crippen LogP contribution in [0.15, 0.2) is 18.2 Å². The van der Waals surface area contributed by atoms with E-state index in [1.165, 1.54) is 18.6 Å². The zero-order chi connectivity index (χ0) is 14.4. The average Bonchev–Trinajstić information content (AvgIpc) is 2.51. The number of rotatable bonds is 0. The molecule has 110 valence electrons. The van der Waals surface area contributed by atoms with E-state index in [0.717, 1.165) is 25.7 Å². The zero-order valence-electron chi connectivity index (χ0n) is 12.3. The van der Waals surface area contributed by atoms with Crippen molar-refractivity contribution in [2.24, 2.45) is 5.41 Å². The van der Waals surface area contributed by atoms with Crippen LogP contribution in [0.25, 0.3) is 0 Å². The van der Waals surface area contributed by atoms with Crippen LogP contribution in [-0.4, -0.2) is 10.7 Å². The van der Waals surface area contributed by atoms with Crippen LogP contribution in [-0.2, 0) is 0 Å². The third-order valence-corrected chi connectivity index (χ3v) is 4.97. The second kappa shape index (κ2) is 4.73. The lowest BCUT2D eigenvalue weighted by Crippen LogP contribution is -2.41. The number of halogens is 1. The quantitative estimate of drug-likeness (QED) is 0.763. The molecule has 3 heteroatoms. The highest BCUT2D eigenvalue weighted by Gasteiger charge is 2.43. The minimum atomic E-state index is -0.615. The SMILES string of the molecule is CC1(C)CCCC2(CC1)CC(O)c1cc(F)ccc1O2. The zero-order valence-corrected chi connectivity index (χ0v) is 12.3. The number of aliphatic hydroxyl groups excluding tert-OH is 1. The van der Waals surface area contributed by atoms with Crippen molar-refractivity contribution in [1.29, 1.82) is 0 Å². The lowest BCUT2D eigenvalue weighted by atomic mass is 9.81. The van der Waals surface area contributed by atoms with Gasteiger partial charge >= 0.3 is 0 Å². The van der Waals surface area contributed by atoms with Crippen LogP contribution >= 0.6 is 0 Å². The van der Waals surface area contributed by atoms with Gasteiger partial charge in [-0.3, -0.25) is 0 Å². The highest BCUT2D eigenvalue weighted by Crippen LogP contribution is 2.48. The maximum Gasteiger partial charge on any atom is 0.126 e. The predicted octanol–water partition coefficient (Wildman–Crippen LogP) is 4.37. The van der Waals surface area contributed by atoms with Gasteiger partial charge in [0, 0.05) is 12.0 Å².